The Bertz CT molecular complexity index is 2760. The maximum atomic E-state index is 14.1. The Morgan fingerprint density at radius 1 is 0.704 bits per heavy atom. The second-order valence-corrected chi connectivity index (χ2v) is 19.8. The Balaban J connectivity index is 0.723. The number of rotatable bonds is 15. The third-order valence-corrected chi connectivity index (χ3v) is 14.9. The lowest BCUT2D eigenvalue weighted by molar-refractivity contribution is -0.133. The smallest absolute Gasteiger partial charge is 0.274 e. The average Bonchev–Trinajstić information content (AvgIpc) is 3.40. The minimum absolute atomic E-state index is 0.0310. The first-order chi connectivity index (χ1) is 34.5. The molecule has 71 heavy (non-hydrogen) atoms. The number of carbonyl (C=O) groups is 4. The van der Waals surface area contributed by atoms with E-state index < -0.39 is 0 Å². The van der Waals surface area contributed by atoms with Gasteiger partial charge in [-0.15, -0.1) is 0 Å². The average molecular weight is 965 g/mol. The second kappa shape index (κ2) is 22.7. The number of nitrogens with one attached hydrogen (secondary N) is 3. The van der Waals surface area contributed by atoms with Crippen LogP contribution in [-0.2, 0) is 29.0 Å². The highest BCUT2D eigenvalue weighted by Gasteiger charge is 2.30. The van der Waals surface area contributed by atoms with Crippen LogP contribution in [0.5, 0.6) is 0 Å². The van der Waals surface area contributed by atoms with Gasteiger partial charge in [0, 0.05) is 122 Å². The molecule has 0 bridgehead atoms. The van der Waals surface area contributed by atoms with Crippen molar-refractivity contribution in [2.24, 2.45) is 11.8 Å². The SMILES string of the molecule is CCc1cccc(-c2cnc(C(=O)N3CCN(CC4CCN(C(=O)c5ccc(N6CCN(Cc7cnc8cc(CC)c(=O)[nH]c8c7)CC6)cn5)CC4)CC3)c(NC(=O)CNC[C@H]3CCN(C)C(=O)C3)c2)c1. The summed E-state index contributed by atoms with van der Waals surface area (Å²) in [7, 11) is 1.82. The largest absolute Gasteiger partial charge is 0.368 e. The van der Waals surface area contributed by atoms with Gasteiger partial charge in [0.1, 0.15) is 5.69 Å². The van der Waals surface area contributed by atoms with Crippen LogP contribution < -0.4 is 21.1 Å². The van der Waals surface area contributed by atoms with Gasteiger partial charge in [0.2, 0.25) is 11.8 Å². The van der Waals surface area contributed by atoms with E-state index in [1.54, 1.807) is 11.1 Å². The van der Waals surface area contributed by atoms with Crippen LogP contribution in [0.25, 0.3) is 22.2 Å². The summed E-state index contributed by atoms with van der Waals surface area (Å²) in [5.41, 5.74) is 8.40. The van der Waals surface area contributed by atoms with E-state index in [4.69, 9.17) is 0 Å². The quantitative estimate of drug-likeness (QED) is 0.134. The summed E-state index contributed by atoms with van der Waals surface area (Å²) in [6.45, 7) is 14.4. The van der Waals surface area contributed by atoms with Crippen LogP contribution in [0, 0.1) is 11.8 Å². The van der Waals surface area contributed by atoms with Gasteiger partial charge in [-0.1, -0.05) is 38.1 Å². The summed E-state index contributed by atoms with van der Waals surface area (Å²) in [6, 6.07) is 17.8. The van der Waals surface area contributed by atoms with E-state index in [-0.39, 0.29) is 47.3 Å². The topological polar surface area (TPSA) is 183 Å². The molecule has 9 rings (SSSR count). The first kappa shape index (κ1) is 49.4. The third kappa shape index (κ3) is 12.1. The molecule has 8 heterocycles. The summed E-state index contributed by atoms with van der Waals surface area (Å²) >= 11 is 0. The molecule has 0 saturated carbocycles. The van der Waals surface area contributed by atoms with Crippen LogP contribution in [0.15, 0.2) is 78.0 Å². The summed E-state index contributed by atoms with van der Waals surface area (Å²) in [4.78, 5) is 95.2. The normalized spacial score (nSPS) is 18.6. The number of H-pyrrole nitrogens is 1. The zero-order valence-corrected chi connectivity index (χ0v) is 41.5. The predicted molar refractivity (Wildman–Crippen MR) is 275 cm³/mol. The Kier molecular flexibility index (Phi) is 15.8. The fraction of sp³-hybridized carbons (Fsp3) is 0.481. The van der Waals surface area contributed by atoms with Crippen molar-refractivity contribution in [3.63, 3.8) is 0 Å². The van der Waals surface area contributed by atoms with E-state index in [0.717, 1.165) is 117 Å². The number of hydrogen-bond acceptors (Lipinski definition) is 12. The number of nitrogens with zero attached hydrogens (tertiary/aromatic N) is 9. The molecule has 1 atom stereocenters. The van der Waals surface area contributed by atoms with E-state index in [2.05, 4.69) is 64.3 Å². The number of hydrogen-bond donors (Lipinski definition) is 3. The molecule has 5 aromatic rings. The van der Waals surface area contributed by atoms with Gasteiger partial charge in [0.05, 0.1) is 35.1 Å². The fourth-order valence-corrected chi connectivity index (χ4v) is 10.4. The van der Waals surface area contributed by atoms with Crippen molar-refractivity contribution in [1.82, 2.24) is 49.8 Å². The number of piperidine rings is 2. The number of aryl methyl sites for hydroxylation is 2. The van der Waals surface area contributed by atoms with Crippen LogP contribution >= 0.6 is 0 Å². The van der Waals surface area contributed by atoms with Gasteiger partial charge in [0.15, 0.2) is 5.69 Å². The van der Waals surface area contributed by atoms with Gasteiger partial charge in [-0.25, -0.2) is 9.97 Å². The number of anilines is 2. The predicted octanol–water partition coefficient (Wildman–Crippen LogP) is 4.53. The maximum absolute atomic E-state index is 14.1. The highest BCUT2D eigenvalue weighted by Crippen LogP contribution is 2.28. The molecule has 4 saturated heterocycles. The number of aromatic nitrogens is 4. The summed E-state index contributed by atoms with van der Waals surface area (Å²) in [5.74, 6) is 0.242. The third-order valence-electron chi connectivity index (χ3n) is 14.9. The summed E-state index contributed by atoms with van der Waals surface area (Å²) < 4.78 is 0. The molecule has 4 aromatic heterocycles. The van der Waals surface area contributed by atoms with E-state index in [0.29, 0.717) is 69.4 Å². The zero-order chi connectivity index (χ0) is 49.4. The Morgan fingerprint density at radius 3 is 2.20 bits per heavy atom. The van der Waals surface area contributed by atoms with Crippen LogP contribution in [0.3, 0.4) is 0 Å². The van der Waals surface area contributed by atoms with E-state index in [9.17, 15) is 24.0 Å². The van der Waals surface area contributed by atoms with Gasteiger partial charge in [-0.2, -0.15) is 0 Å². The Hall–Kier alpha value is -6.56. The molecular weight excluding hydrogens is 897 g/mol. The highest BCUT2D eigenvalue weighted by molar-refractivity contribution is 6.03. The first-order valence-electron chi connectivity index (χ1n) is 25.6. The first-order valence-corrected chi connectivity index (χ1v) is 25.6. The molecule has 0 aliphatic carbocycles. The molecular formula is C54H68N12O5. The number of carbonyl (C=O) groups excluding carboxylic acids is 4. The zero-order valence-electron chi connectivity index (χ0n) is 41.5. The molecule has 0 unspecified atom stereocenters. The minimum atomic E-state index is -0.271. The van der Waals surface area contributed by atoms with Crippen LogP contribution in [0.2, 0.25) is 0 Å². The Labute approximate surface area is 416 Å². The number of amides is 4. The molecule has 4 fully saturated rings. The molecule has 0 spiro atoms. The summed E-state index contributed by atoms with van der Waals surface area (Å²) in [5, 5.41) is 6.22. The molecule has 17 nitrogen and oxygen atoms in total. The number of piperazine rings is 2. The van der Waals surface area contributed by atoms with Crippen molar-refractivity contribution < 1.29 is 19.2 Å². The van der Waals surface area contributed by atoms with Crippen molar-refractivity contribution in [2.75, 3.05) is 109 Å². The van der Waals surface area contributed by atoms with Crippen molar-refractivity contribution >= 4 is 46.0 Å². The highest BCUT2D eigenvalue weighted by atomic mass is 16.2. The number of pyridine rings is 4. The lowest BCUT2D eigenvalue weighted by Gasteiger charge is -2.39. The van der Waals surface area contributed by atoms with Crippen LogP contribution in [-0.4, -0.2) is 167 Å². The molecule has 1 aromatic carbocycles. The van der Waals surface area contributed by atoms with Crippen molar-refractivity contribution in [3.05, 3.63) is 112 Å². The standard InChI is InChI=1S/C54H68N12O5/c1-4-37-7-6-8-42(25-37)43-29-48(59-49(67)34-55-30-39-11-14-61(3)50(68)27-39)51(58-32-43)54(71)66-23-19-62(20-24-66)35-38-12-15-65(16-13-38)53(70)45-10-9-44(33-57-45)64-21-17-63(18-22-64)36-40-26-47-46(56-31-40)28-41(5-2)52(69)60-47/h6-10,25-26,28-29,31-33,38-39,55H,4-5,11-24,27,30,34-36H2,1-3H3,(H,59,67)(H,60,69)/t39-/m0/s1. The minimum Gasteiger partial charge on any atom is -0.368 e. The van der Waals surface area contributed by atoms with Crippen molar-refractivity contribution in [1.29, 1.82) is 0 Å². The van der Waals surface area contributed by atoms with Gasteiger partial charge in [-0.05, 0) is 97.5 Å². The summed E-state index contributed by atoms with van der Waals surface area (Å²) in [6.07, 6.45) is 10.2. The number of fused-ring (bicyclic) bond motifs is 1. The van der Waals surface area contributed by atoms with E-state index in [1.165, 1.54) is 5.56 Å². The van der Waals surface area contributed by atoms with Crippen molar-refractivity contribution in [2.45, 2.75) is 58.9 Å². The number of benzene rings is 1. The van der Waals surface area contributed by atoms with Crippen molar-refractivity contribution in [3.8, 4) is 11.1 Å². The molecule has 4 aliphatic heterocycles. The maximum Gasteiger partial charge on any atom is 0.274 e. The molecule has 4 amide bonds. The second-order valence-electron chi connectivity index (χ2n) is 19.8. The molecule has 4 aliphatic rings. The molecule has 374 valence electrons. The van der Waals surface area contributed by atoms with E-state index >= 15 is 0 Å². The Morgan fingerprint density at radius 2 is 1.46 bits per heavy atom. The van der Waals surface area contributed by atoms with Gasteiger partial charge in [-0.3, -0.25) is 38.8 Å². The monoisotopic (exact) mass is 965 g/mol. The molecule has 3 N–H and O–H groups in total. The molecule has 17 heteroatoms. The van der Waals surface area contributed by atoms with Gasteiger partial charge >= 0.3 is 0 Å². The van der Waals surface area contributed by atoms with Gasteiger partial charge < -0.3 is 35.2 Å². The van der Waals surface area contributed by atoms with E-state index in [1.807, 2.05) is 78.6 Å². The number of aromatic amines is 1. The lowest BCUT2D eigenvalue weighted by Crippen LogP contribution is -2.51. The lowest BCUT2D eigenvalue weighted by atomic mass is 9.95. The fourth-order valence-electron chi connectivity index (χ4n) is 10.4. The van der Waals surface area contributed by atoms with Crippen LogP contribution in [0.1, 0.15) is 77.2 Å². The molecule has 0 radical (unpaired) electrons. The van der Waals surface area contributed by atoms with Crippen LogP contribution in [0.4, 0.5) is 11.4 Å². The number of likely N-dealkylation sites (tertiary alicyclic amines) is 2. The van der Waals surface area contributed by atoms with Gasteiger partial charge in [0.25, 0.3) is 17.4 Å².